The van der Waals surface area contributed by atoms with Crippen LogP contribution in [0.25, 0.3) is 11.4 Å². The number of nitrogens with one attached hydrogen (secondary N) is 1. The molecular weight excluding hydrogens is 332 g/mol. The lowest BCUT2D eigenvalue weighted by atomic mass is 9.92. The third-order valence-electron chi connectivity index (χ3n) is 4.09. The number of anilines is 1. The van der Waals surface area contributed by atoms with Crippen molar-refractivity contribution in [2.75, 3.05) is 18.5 Å². The van der Waals surface area contributed by atoms with E-state index in [-0.39, 0.29) is 24.2 Å². The number of amides is 1. The third kappa shape index (κ3) is 4.08. The quantitative estimate of drug-likeness (QED) is 0.849. The fourth-order valence-corrected chi connectivity index (χ4v) is 2.72. The van der Waals surface area contributed by atoms with Gasteiger partial charge in [0.2, 0.25) is 5.91 Å². The molecule has 24 heavy (non-hydrogen) atoms. The molecule has 1 aromatic carbocycles. The van der Waals surface area contributed by atoms with Crippen LogP contribution in [0.2, 0.25) is 0 Å². The second-order valence-electron chi connectivity index (χ2n) is 5.67. The Balaban J connectivity index is 0.00000208. The average Bonchev–Trinajstić information content (AvgIpc) is 3.01. The molecule has 0 radical (unpaired) electrons. The molecule has 2 aromatic rings. The number of aromatic nitrogens is 4. The Hall–Kier alpha value is -2.03. The average molecular weight is 353 g/mol. The highest BCUT2D eigenvalue weighted by Gasteiger charge is 2.26. The van der Waals surface area contributed by atoms with Gasteiger partial charge in [-0.25, -0.2) is 4.68 Å². The molecule has 9 heteroatoms. The van der Waals surface area contributed by atoms with Gasteiger partial charge in [0, 0.05) is 31.5 Å². The van der Waals surface area contributed by atoms with E-state index in [0.717, 1.165) is 18.4 Å². The largest absolute Gasteiger partial charge is 0.381 e. The van der Waals surface area contributed by atoms with Crippen LogP contribution < -0.4 is 11.1 Å². The first-order valence-corrected chi connectivity index (χ1v) is 7.62. The Morgan fingerprint density at radius 2 is 2.17 bits per heavy atom. The van der Waals surface area contributed by atoms with Crippen molar-refractivity contribution < 1.29 is 9.53 Å². The minimum Gasteiger partial charge on any atom is -0.381 e. The molecule has 2 heterocycles. The molecule has 1 saturated heterocycles. The SMILES string of the molecule is Cl.Cn1nnnc1-c1cccc(NC(=O)C(N)C2CCOCC2)c1. The second kappa shape index (κ2) is 8.18. The molecule has 0 saturated carbocycles. The van der Waals surface area contributed by atoms with E-state index < -0.39 is 6.04 Å². The molecule has 1 amide bonds. The zero-order valence-electron chi connectivity index (χ0n) is 13.4. The Morgan fingerprint density at radius 3 is 2.83 bits per heavy atom. The summed E-state index contributed by atoms with van der Waals surface area (Å²) in [5.74, 6) is 0.620. The Morgan fingerprint density at radius 1 is 1.42 bits per heavy atom. The van der Waals surface area contributed by atoms with E-state index >= 15 is 0 Å². The number of nitrogens with zero attached hydrogens (tertiary/aromatic N) is 4. The molecule has 1 aromatic heterocycles. The summed E-state index contributed by atoms with van der Waals surface area (Å²) < 4.78 is 6.89. The molecule has 3 N–H and O–H groups in total. The van der Waals surface area contributed by atoms with Gasteiger partial charge in [0.1, 0.15) is 0 Å². The summed E-state index contributed by atoms with van der Waals surface area (Å²) in [6.07, 6.45) is 1.64. The van der Waals surface area contributed by atoms with Crippen molar-refractivity contribution in [3.8, 4) is 11.4 Å². The lowest BCUT2D eigenvalue weighted by Crippen LogP contribution is -2.44. The zero-order chi connectivity index (χ0) is 16.2. The maximum absolute atomic E-state index is 12.4. The number of hydrogen-bond acceptors (Lipinski definition) is 6. The molecule has 3 rings (SSSR count). The Labute approximate surface area is 146 Å². The minimum absolute atomic E-state index is 0. The Bertz CT molecular complexity index is 686. The first kappa shape index (κ1) is 18.3. The summed E-state index contributed by atoms with van der Waals surface area (Å²) in [5, 5.41) is 14.3. The van der Waals surface area contributed by atoms with Crippen LogP contribution >= 0.6 is 12.4 Å². The highest BCUT2D eigenvalue weighted by molar-refractivity contribution is 5.95. The van der Waals surface area contributed by atoms with Gasteiger partial charge in [-0.2, -0.15) is 0 Å². The third-order valence-corrected chi connectivity index (χ3v) is 4.09. The van der Waals surface area contributed by atoms with E-state index in [1.165, 1.54) is 0 Å². The molecule has 0 aliphatic carbocycles. The van der Waals surface area contributed by atoms with Crippen LogP contribution in [0.5, 0.6) is 0 Å². The fraction of sp³-hybridized carbons (Fsp3) is 0.467. The van der Waals surface area contributed by atoms with Crippen molar-refractivity contribution in [1.82, 2.24) is 20.2 Å². The van der Waals surface area contributed by atoms with E-state index in [4.69, 9.17) is 10.5 Å². The maximum atomic E-state index is 12.4. The zero-order valence-corrected chi connectivity index (χ0v) is 14.2. The number of hydrogen-bond donors (Lipinski definition) is 2. The molecule has 1 fully saturated rings. The highest BCUT2D eigenvalue weighted by atomic mass is 35.5. The van der Waals surface area contributed by atoms with Gasteiger partial charge in [-0.3, -0.25) is 4.79 Å². The number of ether oxygens (including phenoxy) is 1. The summed E-state index contributed by atoms with van der Waals surface area (Å²) in [5.41, 5.74) is 7.60. The molecule has 8 nitrogen and oxygen atoms in total. The van der Waals surface area contributed by atoms with Crippen molar-refractivity contribution >= 4 is 24.0 Å². The standard InChI is InChI=1S/C15H20N6O2.ClH/c1-21-14(18-19-20-21)11-3-2-4-12(9-11)17-15(22)13(16)10-5-7-23-8-6-10;/h2-4,9-10,13H,5-8,16H2,1H3,(H,17,22);1H. The number of carbonyl (C=O) groups excluding carboxylic acids is 1. The van der Waals surface area contributed by atoms with Gasteiger partial charge in [-0.05, 0) is 41.3 Å². The van der Waals surface area contributed by atoms with Crippen molar-refractivity contribution in [3.05, 3.63) is 24.3 Å². The first-order chi connectivity index (χ1) is 11.1. The van der Waals surface area contributed by atoms with Gasteiger partial charge >= 0.3 is 0 Å². The van der Waals surface area contributed by atoms with Gasteiger partial charge in [0.05, 0.1) is 6.04 Å². The second-order valence-corrected chi connectivity index (χ2v) is 5.67. The number of aryl methyl sites for hydroxylation is 1. The van der Waals surface area contributed by atoms with Crippen molar-refractivity contribution in [3.63, 3.8) is 0 Å². The summed E-state index contributed by atoms with van der Waals surface area (Å²) >= 11 is 0. The highest BCUT2D eigenvalue weighted by Crippen LogP contribution is 2.21. The number of rotatable bonds is 4. The van der Waals surface area contributed by atoms with Crippen molar-refractivity contribution in [1.29, 1.82) is 0 Å². The van der Waals surface area contributed by atoms with E-state index in [2.05, 4.69) is 20.8 Å². The predicted octanol–water partition coefficient (Wildman–Crippen LogP) is 0.991. The van der Waals surface area contributed by atoms with Crippen molar-refractivity contribution in [2.45, 2.75) is 18.9 Å². The monoisotopic (exact) mass is 352 g/mol. The lowest BCUT2D eigenvalue weighted by molar-refractivity contribution is -0.119. The van der Waals surface area contributed by atoms with Gasteiger partial charge < -0.3 is 15.8 Å². The predicted molar refractivity (Wildman–Crippen MR) is 91.6 cm³/mol. The molecule has 1 aliphatic heterocycles. The molecule has 1 unspecified atom stereocenters. The smallest absolute Gasteiger partial charge is 0.241 e. The van der Waals surface area contributed by atoms with Crippen LogP contribution in [0.4, 0.5) is 5.69 Å². The number of carbonyl (C=O) groups is 1. The topological polar surface area (TPSA) is 108 Å². The van der Waals surface area contributed by atoms with E-state index in [1.54, 1.807) is 11.7 Å². The number of tetrazole rings is 1. The molecule has 1 atom stereocenters. The van der Waals surface area contributed by atoms with E-state index in [9.17, 15) is 4.79 Å². The van der Waals surface area contributed by atoms with Gasteiger partial charge in [-0.15, -0.1) is 17.5 Å². The van der Waals surface area contributed by atoms with Crippen molar-refractivity contribution in [2.24, 2.45) is 18.7 Å². The molecular formula is C15H21ClN6O2. The number of benzene rings is 1. The van der Waals surface area contributed by atoms with Gasteiger partial charge in [0.15, 0.2) is 5.82 Å². The van der Waals surface area contributed by atoms with Crippen LogP contribution in [0.15, 0.2) is 24.3 Å². The minimum atomic E-state index is -0.529. The van der Waals surface area contributed by atoms with Gasteiger partial charge in [-0.1, -0.05) is 12.1 Å². The van der Waals surface area contributed by atoms with Crippen LogP contribution in [0.3, 0.4) is 0 Å². The lowest BCUT2D eigenvalue weighted by Gasteiger charge is -2.26. The molecule has 130 valence electrons. The maximum Gasteiger partial charge on any atom is 0.241 e. The molecule has 0 bridgehead atoms. The van der Waals surface area contributed by atoms with E-state index in [1.807, 2.05) is 24.3 Å². The summed E-state index contributed by atoms with van der Waals surface area (Å²) in [6.45, 7) is 1.33. The summed E-state index contributed by atoms with van der Waals surface area (Å²) in [4.78, 5) is 12.4. The normalized spacial score (nSPS) is 16.2. The first-order valence-electron chi connectivity index (χ1n) is 7.62. The summed E-state index contributed by atoms with van der Waals surface area (Å²) in [7, 11) is 1.77. The van der Waals surface area contributed by atoms with Crippen LogP contribution in [-0.2, 0) is 16.6 Å². The van der Waals surface area contributed by atoms with E-state index in [0.29, 0.717) is 24.7 Å². The van der Waals surface area contributed by atoms with Crippen LogP contribution in [-0.4, -0.2) is 45.4 Å². The van der Waals surface area contributed by atoms with Crippen LogP contribution in [0, 0.1) is 5.92 Å². The van der Waals surface area contributed by atoms with Gasteiger partial charge in [0.25, 0.3) is 0 Å². The molecule has 0 spiro atoms. The number of nitrogens with two attached hydrogens (primary N) is 1. The fourth-order valence-electron chi connectivity index (χ4n) is 2.72. The summed E-state index contributed by atoms with van der Waals surface area (Å²) in [6, 6.07) is 6.86. The Kier molecular flexibility index (Phi) is 6.24. The number of halogens is 1. The van der Waals surface area contributed by atoms with Crippen LogP contribution in [0.1, 0.15) is 12.8 Å². The molecule has 1 aliphatic rings.